The van der Waals surface area contributed by atoms with Crippen molar-refractivity contribution < 1.29 is 42.9 Å². The summed E-state index contributed by atoms with van der Waals surface area (Å²) in [5.41, 5.74) is 0. The maximum absolute atomic E-state index is 2.29. The molecule has 0 atom stereocenters. The van der Waals surface area contributed by atoms with Crippen molar-refractivity contribution in [2.45, 2.75) is 48.5 Å². The van der Waals surface area contributed by atoms with E-state index in [2.05, 4.69) is 55.5 Å². The second-order valence-electron chi connectivity index (χ2n) is 5.17. The molecule has 0 aliphatic carbocycles. The number of hydrogen-bond donors (Lipinski definition) is 0. The molecule has 0 radical (unpaired) electrons. The largest absolute Gasteiger partial charge is 1.00 e. The highest BCUT2D eigenvalue weighted by atomic mass is 79.9. The molecule has 0 heterocycles. The minimum absolute atomic E-state index is 0. The standard InChI is InChI=1S/C8H20N.C7H18N.6BrH/c1-5-9(6-2,7-3)8-4;1-5-8(4,6-2)7-3;;;;;;/h5-8H2,1-4H3;5-7H2,1-4H3;6*1H/q2*+1;;;;;;/p-2. The maximum Gasteiger partial charge on any atom is 0.0757 e. The molecule has 0 saturated heterocycles. The molecule has 0 bridgehead atoms. The fraction of sp³-hybridized carbons (Fsp3) is 1.00. The summed E-state index contributed by atoms with van der Waals surface area (Å²) in [5, 5.41) is 0. The molecule has 0 rings (SSSR count). The molecule has 0 aliphatic heterocycles. The Kier molecular flexibility index (Phi) is 64.4. The van der Waals surface area contributed by atoms with Gasteiger partial charge < -0.3 is 42.9 Å². The van der Waals surface area contributed by atoms with E-state index in [1.54, 1.807) is 0 Å². The molecular formula is C15H42Br6N2. The van der Waals surface area contributed by atoms with Crippen LogP contribution in [0.5, 0.6) is 0 Å². The number of halogens is 6. The van der Waals surface area contributed by atoms with Crippen LogP contribution in [0, 0.1) is 0 Å². The summed E-state index contributed by atoms with van der Waals surface area (Å²) in [5.74, 6) is 0. The molecular weight excluding hydrogens is 688 g/mol. The Morgan fingerprint density at radius 3 is 0.609 bits per heavy atom. The van der Waals surface area contributed by atoms with Gasteiger partial charge in [-0.25, -0.2) is 0 Å². The lowest BCUT2D eigenvalue weighted by molar-refractivity contribution is -0.921. The van der Waals surface area contributed by atoms with Gasteiger partial charge in [-0.2, -0.15) is 0 Å². The predicted molar refractivity (Wildman–Crippen MR) is 122 cm³/mol. The number of hydrogen-bond acceptors (Lipinski definition) is 0. The molecule has 8 heteroatoms. The monoisotopic (exact) mass is 724 g/mol. The molecule has 2 nitrogen and oxygen atoms in total. The zero-order valence-corrected chi connectivity index (χ0v) is 26.3. The van der Waals surface area contributed by atoms with Gasteiger partial charge in [-0.15, -0.1) is 67.9 Å². The van der Waals surface area contributed by atoms with Crippen molar-refractivity contribution in [3.63, 3.8) is 0 Å². The van der Waals surface area contributed by atoms with Crippen molar-refractivity contribution in [2.75, 3.05) is 52.9 Å². The second-order valence-corrected chi connectivity index (χ2v) is 5.17. The maximum atomic E-state index is 2.29. The molecule has 0 N–H and O–H groups in total. The van der Waals surface area contributed by atoms with E-state index in [4.69, 9.17) is 0 Å². The Bertz CT molecular complexity index is 152. The fourth-order valence-electron chi connectivity index (χ4n) is 2.01. The van der Waals surface area contributed by atoms with Crippen LogP contribution in [0.15, 0.2) is 0 Å². The highest BCUT2D eigenvalue weighted by molar-refractivity contribution is 8.93. The van der Waals surface area contributed by atoms with E-state index in [9.17, 15) is 0 Å². The van der Waals surface area contributed by atoms with Gasteiger partial charge in [0.25, 0.3) is 0 Å². The first-order chi connectivity index (χ1) is 7.92. The molecule has 0 aromatic heterocycles. The molecule has 0 unspecified atom stereocenters. The smallest absolute Gasteiger partial charge is 0.0757 e. The highest BCUT2D eigenvalue weighted by Gasteiger charge is 2.16. The van der Waals surface area contributed by atoms with Crippen molar-refractivity contribution in [1.29, 1.82) is 0 Å². The summed E-state index contributed by atoms with van der Waals surface area (Å²) in [6, 6.07) is 0. The summed E-state index contributed by atoms with van der Waals surface area (Å²) in [7, 11) is 2.29. The summed E-state index contributed by atoms with van der Waals surface area (Å²) in [6.45, 7) is 24.7. The van der Waals surface area contributed by atoms with Gasteiger partial charge in [0.05, 0.1) is 52.9 Å². The Hall–Kier alpha value is 2.80. The lowest BCUT2D eigenvalue weighted by atomic mass is 10.3. The van der Waals surface area contributed by atoms with Gasteiger partial charge in [-0.3, -0.25) is 0 Å². The van der Waals surface area contributed by atoms with Gasteiger partial charge in [-0.05, 0) is 48.5 Å². The van der Waals surface area contributed by atoms with Gasteiger partial charge in [0, 0.05) is 0 Å². The molecule has 0 saturated carbocycles. The molecule has 0 aromatic carbocycles. The van der Waals surface area contributed by atoms with Crippen LogP contribution < -0.4 is 34.0 Å². The van der Waals surface area contributed by atoms with Crippen LogP contribution in [-0.4, -0.2) is 61.8 Å². The normalized spacial score (nSPS) is 8.87. The zero-order chi connectivity index (χ0) is 13.9. The van der Waals surface area contributed by atoms with E-state index in [-0.39, 0.29) is 102 Å². The van der Waals surface area contributed by atoms with E-state index in [1.807, 2.05) is 0 Å². The van der Waals surface area contributed by atoms with Crippen LogP contribution in [0.4, 0.5) is 0 Å². The summed E-state index contributed by atoms with van der Waals surface area (Å²) in [4.78, 5) is 0. The molecule has 0 fully saturated rings. The third-order valence-electron chi connectivity index (χ3n) is 4.97. The number of quaternary nitrogens is 2. The van der Waals surface area contributed by atoms with Crippen molar-refractivity contribution in [1.82, 2.24) is 0 Å². The van der Waals surface area contributed by atoms with Crippen molar-refractivity contribution in [3.8, 4) is 0 Å². The van der Waals surface area contributed by atoms with Crippen LogP contribution in [0.3, 0.4) is 0 Å². The minimum Gasteiger partial charge on any atom is -1.00 e. The average molecular weight is 730 g/mol. The Morgan fingerprint density at radius 2 is 0.609 bits per heavy atom. The Balaban J connectivity index is -0.0000000260. The second kappa shape index (κ2) is 29.6. The van der Waals surface area contributed by atoms with Crippen LogP contribution in [0.2, 0.25) is 0 Å². The van der Waals surface area contributed by atoms with Crippen molar-refractivity contribution in [2.24, 2.45) is 0 Å². The summed E-state index contributed by atoms with van der Waals surface area (Å²) >= 11 is 0. The van der Waals surface area contributed by atoms with Gasteiger partial charge >= 0.3 is 0 Å². The van der Waals surface area contributed by atoms with E-state index < -0.39 is 0 Å². The van der Waals surface area contributed by atoms with E-state index in [1.165, 1.54) is 54.8 Å². The van der Waals surface area contributed by atoms with Gasteiger partial charge in [0.15, 0.2) is 0 Å². The van der Waals surface area contributed by atoms with Gasteiger partial charge in [-0.1, -0.05) is 0 Å². The van der Waals surface area contributed by atoms with Crippen molar-refractivity contribution in [3.05, 3.63) is 0 Å². The third-order valence-corrected chi connectivity index (χ3v) is 4.97. The first-order valence-corrected chi connectivity index (χ1v) is 7.61. The SMILES string of the molecule is Br.Br.Br.Br.CC[N+](C)(CC)CC.CC[N+](CC)(CC)CC.[Br-].[Br-]. The Labute approximate surface area is 210 Å². The highest BCUT2D eigenvalue weighted by Crippen LogP contribution is 2.03. The summed E-state index contributed by atoms with van der Waals surface area (Å²) in [6.07, 6.45) is 0. The average Bonchev–Trinajstić information content (AvgIpc) is 2.42. The van der Waals surface area contributed by atoms with Crippen LogP contribution in [0.25, 0.3) is 0 Å². The molecule has 0 aromatic rings. The quantitative estimate of drug-likeness (QED) is 0.316. The first kappa shape index (κ1) is 50.1. The topological polar surface area (TPSA) is 0 Å². The summed E-state index contributed by atoms with van der Waals surface area (Å²) < 4.78 is 2.49. The van der Waals surface area contributed by atoms with Crippen LogP contribution in [-0.2, 0) is 0 Å². The third kappa shape index (κ3) is 22.8. The molecule has 0 spiro atoms. The lowest BCUT2D eigenvalue weighted by Crippen LogP contribution is -3.00. The van der Waals surface area contributed by atoms with Gasteiger partial charge in [0.1, 0.15) is 0 Å². The molecule has 0 amide bonds. The zero-order valence-electron chi connectivity index (χ0n) is 16.2. The molecule has 154 valence electrons. The van der Waals surface area contributed by atoms with Gasteiger partial charge in [0.2, 0.25) is 0 Å². The lowest BCUT2D eigenvalue weighted by Gasteiger charge is -2.34. The van der Waals surface area contributed by atoms with E-state index in [0.717, 1.165) is 0 Å². The minimum atomic E-state index is 0. The fourth-order valence-corrected chi connectivity index (χ4v) is 2.01. The van der Waals surface area contributed by atoms with E-state index >= 15 is 0 Å². The molecule has 23 heavy (non-hydrogen) atoms. The van der Waals surface area contributed by atoms with E-state index in [0.29, 0.717) is 0 Å². The molecule has 0 aliphatic rings. The van der Waals surface area contributed by atoms with Crippen molar-refractivity contribution >= 4 is 67.9 Å². The first-order valence-electron chi connectivity index (χ1n) is 7.61. The number of rotatable bonds is 7. The predicted octanol–water partition coefficient (Wildman–Crippen LogP) is -0.305. The Morgan fingerprint density at radius 1 is 0.435 bits per heavy atom. The van der Waals surface area contributed by atoms with Crippen LogP contribution in [0.1, 0.15) is 48.5 Å². The number of nitrogens with zero attached hydrogens (tertiary/aromatic N) is 2. The van der Waals surface area contributed by atoms with Crippen LogP contribution >= 0.6 is 67.9 Å².